The van der Waals surface area contributed by atoms with Gasteiger partial charge in [0.1, 0.15) is 0 Å². The Kier molecular flexibility index (Phi) is 20.4. The molecule has 2 N–H and O–H groups in total. The number of hydrogen-bond acceptors (Lipinski definition) is 2. The van der Waals surface area contributed by atoms with Crippen LogP contribution in [0.15, 0.2) is 12.2 Å². The quantitative estimate of drug-likeness (QED) is 0.261. The van der Waals surface area contributed by atoms with Crippen LogP contribution in [0.2, 0.25) is 0 Å². The number of carboxylic acid groups (broad SMARTS) is 1. The Hall–Kier alpha value is -0.298. The van der Waals surface area contributed by atoms with Crippen LogP contribution in [-0.4, -0.2) is 39.6 Å². The van der Waals surface area contributed by atoms with Crippen molar-refractivity contribution in [3.8, 4) is 0 Å². The lowest BCUT2D eigenvalue weighted by molar-refractivity contribution is -0.137. The van der Waals surface area contributed by atoms with Gasteiger partial charge in [0.2, 0.25) is 0 Å². The topological polar surface area (TPSA) is 57.5 Å². The fourth-order valence-corrected chi connectivity index (χ4v) is 2.36. The third-order valence-corrected chi connectivity index (χ3v) is 3.73. The zero-order valence-electron chi connectivity index (χ0n) is 14.3. The second kappa shape index (κ2) is 18.8. The first-order chi connectivity index (χ1) is 10.2. The maximum atomic E-state index is 10.3. The Labute approximate surface area is 147 Å². The van der Waals surface area contributed by atoms with E-state index in [9.17, 15) is 9.90 Å². The maximum absolute atomic E-state index is 10.3. The molecule has 127 valence electrons. The SMILES string of the molecule is CCCCCC[C@@H](O)C/C=C\CCCCCCCC(=O)O.[Al]. The van der Waals surface area contributed by atoms with Gasteiger partial charge in [-0.05, 0) is 32.1 Å². The molecule has 0 aromatic carbocycles. The van der Waals surface area contributed by atoms with E-state index in [0.29, 0.717) is 6.42 Å². The number of allylic oxidation sites excluding steroid dienone is 1. The minimum absolute atomic E-state index is 0. The number of rotatable bonds is 15. The first-order valence-corrected chi connectivity index (χ1v) is 8.71. The van der Waals surface area contributed by atoms with Crippen LogP contribution in [0.5, 0.6) is 0 Å². The van der Waals surface area contributed by atoms with E-state index < -0.39 is 5.97 Å². The molecule has 0 bridgehead atoms. The lowest BCUT2D eigenvalue weighted by Gasteiger charge is -2.07. The summed E-state index contributed by atoms with van der Waals surface area (Å²) >= 11 is 0. The van der Waals surface area contributed by atoms with Crippen molar-refractivity contribution in [2.75, 3.05) is 0 Å². The fourth-order valence-electron chi connectivity index (χ4n) is 2.36. The summed E-state index contributed by atoms with van der Waals surface area (Å²) in [6.07, 6.45) is 17.4. The van der Waals surface area contributed by atoms with Gasteiger partial charge in [0, 0.05) is 23.8 Å². The van der Waals surface area contributed by atoms with Gasteiger partial charge in [-0.25, -0.2) is 0 Å². The summed E-state index contributed by atoms with van der Waals surface area (Å²) in [6, 6.07) is 0. The Balaban J connectivity index is 0. The lowest BCUT2D eigenvalue weighted by atomic mass is 10.1. The zero-order chi connectivity index (χ0) is 15.8. The summed E-state index contributed by atoms with van der Waals surface area (Å²) in [6.45, 7) is 2.20. The molecule has 0 amide bonds. The highest BCUT2D eigenvalue weighted by Gasteiger charge is 2.00. The van der Waals surface area contributed by atoms with Crippen LogP contribution in [0.1, 0.15) is 90.4 Å². The van der Waals surface area contributed by atoms with E-state index in [1.807, 2.05) is 0 Å². The van der Waals surface area contributed by atoms with Crippen LogP contribution in [0.3, 0.4) is 0 Å². The Bertz CT molecular complexity index is 267. The van der Waals surface area contributed by atoms with Crippen molar-refractivity contribution in [1.82, 2.24) is 0 Å². The largest absolute Gasteiger partial charge is 0.481 e. The van der Waals surface area contributed by atoms with Crippen LogP contribution in [0.25, 0.3) is 0 Å². The smallest absolute Gasteiger partial charge is 0.303 e. The molecule has 0 unspecified atom stereocenters. The lowest BCUT2D eigenvalue weighted by Crippen LogP contribution is -2.04. The highest BCUT2D eigenvalue weighted by atomic mass is 27.0. The Morgan fingerprint density at radius 1 is 0.955 bits per heavy atom. The van der Waals surface area contributed by atoms with Gasteiger partial charge in [-0.15, -0.1) is 0 Å². The minimum atomic E-state index is -0.689. The summed E-state index contributed by atoms with van der Waals surface area (Å²) in [4.78, 5) is 10.3. The van der Waals surface area contributed by atoms with Gasteiger partial charge < -0.3 is 10.2 Å². The molecule has 0 aromatic heterocycles. The molecule has 0 saturated heterocycles. The molecule has 0 fully saturated rings. The predicted octanol–water partition coefficient (Wildman–Crippen LogP) is 4.70. The summed E-state index contributed by atoms with van der Waals surface area (Å²) < 4.78 is 0. The molecule has 0 aliphatic carbocycles. The number of hydrogen-bond donors (Lipinski definition) is 2. The summed E-state index contributed by atoms with van der Waals surface area (Å²) in [5, 5.41) is 18.3. The third-order valence-electron chi connectivity index (χ3n) is 3.73. The molecular weight excluding hydrogens is 291 g/mol. The average Bonchev–Trinajstić information content (AvgIpc) is 2.45. The van der Waals surface area contributed by atoms with Crippen molar-refractivity contribution in [1.29, 1.82) is 0 Å². The molecule has 0 spiro atoms. The van der Waals surface area contributed by atoms with Crippen molar-refractivity contribution in [3.05, 3.63) is 12.2 Å². The van der Waals surface area contributed by atoms with Gasteiger partial charge in [-0.2, -0.15) is 0 Å². The van der Waals surface area contributed by atoms with Crippen LogP contribution in [0.4, 0.5) is 0 Å². The molecule has 3 radical (unpaired) electrons. The first kappa shape index (κ1) is 24.0. The summed E-state index contributed by atoms with van der Waals surface area (Å²) in [5.74, 6) is -0.689. The van der Waals surface area contributed by atoms with Gasteiger partial charge in [0.25, 0.3) is 0 Å². The Morgan fingerprint density at radius 2 is 1.59 bits per heavy atom. The minimum Gasteiger partial charge on any atom is -0.481 e. The molecule has 3 nitrogen and oxygen atoms in total. The molecular formula is C18H34AlO3. The van der Waals surface area contributed by atoms with Crippen LogP contribution >= 0.6 is 0 Å². The van der Waals surface area contributed by atoms with Crippen molar-refractivity contribution >= 4 is 23.3 Å². The van der Waals surface area contributed by atoms with Gasteiger partial charge in [0.15, 0.2) is 0 Å². The second-order valence-electron chi connectivity index (χ2n) is 5.91. The molecule has 0 heterocycles. The summed E-state index contributed by atoms with van der Waals surface area (Å²) in [7, 11) is 0. The molecule has 4 heteroatoms. The van der Waals surface area contributed by atoms with Crippen LogP contribution in [-0.2, 0) is 4.79 Å². The van der Waals surface area contributed by atoms with Crippen molar-refractivity contribution < 1.29 is 15.0 Å². The highest BCUT2D eigenvalue weighted by molar-refractivity contribution is 5.75. The molecule has 0 aliphatic rings. The number of carbonyl (C=O) groups is 1. The zero-order valence-corrected chi connectivity index (χ0v) is 15.5. The van der Waals surface area contributed by atoms with E-state index in [2.05, 4.69) is 19.1 Å². The number of unbranched alkanes of at least 4 members (excludes halogenated alkanes) is 8. The number of aliphatic carboxylic acids is 1. The molecule has 22 heavy (non-hydrogen) atoms. The van der Waals surface area contributed by atoms with Gasteiger partial charge in [-0.3, -0.25) is 4.79 Å². The monoisotopic (exact) mass is 325 g/mol. The van der Waals surface area contributed by atoms with Crippen molar-refractivity contribution in [2.24, 2.45) is 0 Å². The molecule has 1 atom stereocenters. The number of aliphatic hydroxyl groups is 1. The summed E-state index contributed by atoms with van der Waals surface area (Å²) in [5.41, 5.74) is 0. The van der Waals surface area contributed by atoms with Gasteiger partial charge in [-0.1, -0.05) is 64.0 Å². The van der Waals surface area contributed by atoms with Crippen LogP contribution in [0, 0.1) is 0 Å². The third kappa shape index (κ3) is 19.7. The number of carboxylic acids is 1. The Morgan fingerprint density at radius 3 is 2.27 bits per heavy atom. The molecule has 0 rings (SSSR count). The second-order valence-corrected chi connectivity index (χ2v) is 5.91. The fraction of sp³-hybridized carbons (Fsp3) is 0.833. The van der Waals surface area contributed by atoms with Gasteiger partial charge >= 0.3 is 5.97 Å². The molecule has 0 aromatic rings. The van der Waals surface area contributed by atoms with Crippen molar-refractivity contribution in [2.45, 2.75) is 96.5 Å². The van der Waals surface area contributed by atoms with E-state index in [1.165, 1.54) is 25.7 Å². The maximum Gasteiger partial charge on any atom is 0.303 e. The highest BCUT2D eigenvalue weighted by Crippen LogP contribution is 2.10. The number of aliphatic hydroxyl groups excluding tert-OH is 1. The van der Waals surface area contributed by atoms with E-state index >= 15 is 0 Å². The predicted molar refractivity (Wildman–Crippen MR) is 94.2 cm³/mol. The van der Waals surface area contributed by atoms with Crippen molar-refractivity contribution in [3.63, 3.8) is 0 Å². The van der Waals surface area contributed by atoms with E-state index in [1.54, 1.807) is 0 Å². The van der Waals surface area contributed by atoms with Gasteiger partial charge in [0.05, 0.1) is 6.10 Å². The van der Waals surface area contributed by atoms with Crippen LogP contribution < -0.4 is 0 Å². The van der Waals surface area contributed by atoms with E-state index in [-0.39, 0.29) is 23.5 Å². The average molecular weight is 325 g/mol. The van der Waals surface area contributed by atoms with E-state index in [4.69, 9.17) is 5.11 Å². The van der Waals surface area contributed by atoms with E-state index in [0.717, 1.165) is 51.4 Å². The normalized spacial score (nSPS) is 12.3. The first-order valence-electron chi connectivity index (χ1n) is 8.71. The molecule has 0 saturated carbocycles. The molecule has 0 aliphatic heterocycles. The standard InChI is InChI=1S/C18H34O3.Al/c1-2-3-4-11-14-17(19)15-12-9-7-5-6-8-10-13-16-18(20)21;/h9,12,17,19H,2-8,10-11,13-16H2,1H3,(H,20,21);/b12-9-;/t17-;/m1./s1.